The predicted octanol–water partition coefficient (Wildman–Crippen LogP) is 0.903. The number of carbonyl (C=O) groups is 1. The third kappa shape index (κ3) is 2.26. The fraction of sp³-hybridized carbons (Fsp3) is 0.533. The molecule has 0 amide bonds. The van der Waals surface area contributed by atoms with Crippen LogP contribution in [0.3, 0.4) is 0 Å². The van der Waals surface area contributed by atoms with Crippen molar-refractivity contribution in [1.82, 2.24) is 5.32 Å². The maximum absolute atomic E-state index is 12.0. The summed E-state index contributed by atoms with van der Waals surface area (Å²) in [6.45, 7) is 3.97. The quantitative estimate of drug-likeness (QED) is 0.791. The molecule has 1 saturated heterocycles. The molecule has 2 aliphatic rings. The van der Waals surface area contributed by atoms with Crippen molar-refractivity contribution in [3.63, 3.8) is 0 Å². The molecular formula is C15H19NO3. The van der Waals surface area contributed by atoms with E-state index in [1.165, 1.54) is 6.92 Å². The lowest BCUT2D eigenvalue weighted by atomic mass is 9.96. The van der Waals surface area contributed by atoms with E-state index in [0.717, 1.165) is 13.1 Å². The third-order valence-electron chi connectivity index (χ3n) is 4.41. The molecule has 1 unspecified atom stereocenters. The highest BCUT2D eigenvalue weighted by Gasteiger charge is 2.53. The van der Waals surface area contributed by atoms with Gasteiger partial charge < -0.3 is 15.2 Å². The first kappa shape index (κ1) is 12.6. The Kier molecular flexibility index (Phi) is 3.07. The lowest BCUT2D eigenvalue weighted by Gasteiger charge is -2.22. The minimum Gasteiger partial charge on any atom is -0.463 e. The molecule has 4 nitrogen and oxygen atoms in total. The molecule has 1 aliphatic heterocycles. The van der Waals surface area contributed by atoms with Crippen molar-refractivity contribution in [2.24, 2.45) is 17.8 Å². The molecule has 2 fully saturated rings. The SMILES string of the molecule is C[C@@](O)(C(=O)OCC1[C@H]2CNC[C@@H]12)c1ccccc1. The number of rotatable bonds is 4. The fourth-order valence-corrected chi connectivity index (χ4v) is 2.99. The Bertz CT molecular complexity index is 462. The van der Waals surface area contributed by atoms with Gasteiger partial charge in [-0.05, 0) is 37.4 Å². The third-order valence-corrected chi connectivity index (χ3v) is 4.41. The van der Waals surface area contributed by atoms with Gasteiger partial charge in [0.2, 0.25) is 0 Å². The van der Waals surface area contributed by atoms with Crippen LogP contribution in [0.5, 0.6) is 0 Å². The summed E-state index contributed by atoms with van der Waals surface area (Å²) in [6.07, 6.45) is 0. The van der Waals surface area contributed by atoms with Crippen LogP contribution in [0.1, 0.15) is 12.5 Å². The molecule has 1 aromatic carbocycles. The van der Waals surface area contributed by atoms with E-state index in [2.05, 4.69) is 5.32 Å². The Morgan fingerprint density at radius 3 is 2.63 bits per heavy atom. The highest BCUT2D eigenvalue weighted by Crippen LogP contribution is 2.48. The van der Waals surface area contributed by atoms with Crippen molar-refractivity contribution in [3.8, 4) is 0 Å². The summed E-state index contributed by atoms with van der Waals surface area (Å²) in [4.78, 5) is 12.0. The van der Waals surface area contributed by atoms with Crippen molar-refractivity contribution < 1.29 is 14.6 Å². The Morgan fingerprint density at radius 1 is 1.37 bits per heavy atom. The van der Waals surface area contributed by atoms with Crippen LogP contribution in [0.15, 0.2) is 30.3 Å². The first-order valence-electron chi connectivity index (χ1n) is 6.76. The number of fused-ring (bicyclic) bond motifs is 1. The van der Waals surface area contributed by atoms with Gasteiger partial charge in [0.05, 0.1) is 6.61 Å². The topological polar surface area (TPSA) is 58.6 Å². The molecule has 0 bridgehead atoms. The molecule has 102 valence electrons. The van der Waals surface area contributed by atoms with Gasteiger partial charge in [-0.15, -0.1) is 0 Å². The Labute approximate surface area is 112 Å². The van der Waals surface area contributed by atoms with Gasteiger partial charge >= 0.3 is 5.97 Å². The summed E-state index contributed by atoms with van der Waals surface area (Å²) in [5.41, 5.74) is -0.999. The van der Waals surface area contributed by atoms with Crippen LogP contribution in [-0.4, -0.2) is 30.8 Å². The minimum atomic E-state index is -1.57. The van der Waals surface area contributed by atoms with E-state index in [4.69, 9.17) is 4.74 Å². The van der Waals surface area contributed by atoms with Gasteiger partial charge in [0.1, 0.15) is 0 Å². The average molecular weight is 261 g/mol. The standard InChI is InChI=1S/C15H19NO3/c1-15(18,10-5-3-2-4-6-10)14(17)19-9-13-11-7-16-8-12(11)13/h2-6,11-13,16,18H,7-9H2,1H3/t11-,12+,13?,15-/m0/s1. The molecule has 4 heteroatoms. The second kappa shape index (κ2) is 4.62. The number of esters is 1. The van der Waals surface area contributed by atoms with Crippen LogP contribution < -0.4 is 5.32 Å². The molecule has 3 rings (SSSR count). The molecule has 1 aromatic rings. The number of carbonyl (C=O) groups excluding carboxylic acids is 1. The smallest absolute Gasteiger partial charge is 0.342 e. The van der Waals surface area contributed by atoms with Gasteiger partial charge in [-0.25, -0.2) is 4.79 Å². The monoisotopic (exact) mass is 261 g/mol. The number of aliphatic hydroxyl groups is 1. The van der Waals surface area contributed by atoms with Crippen LogP contribution in [-0.2, 0) is 15.1 Å². The fourth-order valence-electron chi connectivity index (χ4n) is 2.99. The second-order valence-corrected chi connectivity index (χ2v) is 5.69. The largest absolute Gasteiger partial charge is 0.463 e. The molecular weight excluding hydrogens is 242 g/mol. The molecule has 19 heavy (non-hydrogen) atoms. The molecule has 1 saturated carbocycles. The van der Waals surface area contributed by atoms with E-state index >= 15 is 0 Å². The van der Waals surface area contributed by atoms with Gasteiger partial charge in [0.15, 0.2) is 5.60 Å². The van der Waals surface area contributed by atoms with Crippen molar-refractivity contribution in [3.05, 3.63) is 35.9 Å². The summed E-state index contributed by atoms with van der Waals surface area (Å²) in [5, 5.41) is 13.6. The van der Waals surface area contributed by atoms with Crippen molar-refractivity contribution >= 4 is 5.97 Å². The van der Waals surface area contributed by atoms with E-state index < -0.39 is 11.6 Å². The minimum absolute atomic E-state index is 0.429. The number of ether oxygens (including phenoxy) is 1. The lowest BCUT2D eigenvalue weighted by Crippen LogP contribution is -2.34. The molecule has 4 atom stereocenters. The maximum atomic E-state index is 12.0. The number of hydrogen-bond acceptors (Lipinski definition) is 4. The van der Waals surface area contributed by atoms with Gasteiger partial charge in [0.25, 0.3) is 0 Å². The normalized spacial score (nSPS) is 31.4. The zero-order valence-corrected chi connectivity index (χ0v) is 11.0. The van der Waals surface area contributed by atoms with Crippen LogP contribution in [0.2, 0.25) is 0 Å². The van der Waals surface area contributed by atoms with Gasteiger partial charge in [-0.2, -0.15) is 0 Å². The van der Waals surface area contributed by atoms with E-state index in [-0.39, 0.29) is 0 Å². The molecule has 1 heterocycles. The van der Waals surface area contributed by atoms with Crippen molar-refractivity contribution in [2.45, 2.75) is 12.5 Å². The van der Waals surface area contributed by atoms with Crippen LogP contribution in [0.25, 0.3) is 0 Å². The maximum Gasteiger partial charge on any atom is 0.342 e. The van der Waals surface area contributed by atoms with Crippen LogP contribution in [0.4, 0.5) is 0 Å². The molecule has 0 spiro atoms. The van der Waals surface area contributed by atoms with E-state index in [9.17, 15) is 9.90 Å². The Morgan fingerprint density at radius 2 is 2.00 bits per heavy atom. The van der Waals surface area contributed by atoms with E-state index in [1.54, 1.807) is 24.3 Å². The highest BCUT2D eigenvalue weighted by molar-refractivity contribution is 5.80. The zero-order valence-electron chi connectivity index (χ0n) is 11.0. The van der Waals surface area contributed by atoms with Crippen LogP contribution >= 0.6 is 0 Å². The first-order valence-corrected chi connectivity index (χ1v) is 6.76. The summed E-state index contributed by atoms with van der Waals surface area (Å²) >= 11 is 0. The predicted molar refractivity (Wildman–Crippen MR) is 70.3 cm³/mol. The summed E-state index contributed by atoms with van der Waals surface area (Å²) in [7, 11) is 0. The number of benzene rings is 1. The first-order chi connectivity index (χ1) is 9.10. The van der Waals surface area contributed by atoms with Crippen molar-refractivity contribution in [2.75, 3.05) is 19.7 Å². The van der Waals surface area contributed by atoms with Crippen LogP contribution in [0, 0.1) is 17.8 Å². The van der Waals surface area contributed by atoms with E-state index in [1.807, 2.05) is 6.07 Å². The number of nitrogens with one attached hydrogen (secondary N) is 1. The molecule has 1 aliphatic carbocycles. The number of piperidine rings is 1. The van der Waals surface area contributed by atoms with E-state index in [0.29, 0.717) is 29.9 Å². The summed E-state index contributed by atoms with van der Waals surface area (Å²) < 4.78 is 5.30. The van der Waals surface area contributed by atoms with Crippen molar-refractivity contribution in [1.29, 1.82) is 0 Å². The number of hydrogen-bond donors (Lipinski definition) is 2. The summed E-state index contributed by atoms with van der Waals surface area (Å²) in [6, 6.07) is 8.92. The Balaban J connectivity index is 1.57. The van der Waals surface area contributed by atoms with Gasteiger partial charge in [-0.1, -0.05) is 30.3 Å². The second-order valence-electron chi connectivity index (χ2n) is 5.69. The molecule has 0 aromatic heterocycles. The molecule has 2 N–H and O–H groups in total. The lowest BCUT2D eigenvalue weighted by molar-refractivity contribution is -0.165. The zero-order chi connectivity index (χ0) is 13.5. The van der Waals surface area contributed by atoms with Gasteiger partial charge in [0, 0.05) is 5.92 Å². The highest BCUT2D eigenvalue weighted by atomic mass is 16.5. The summed E-state index contributed by atoms with van der Waals surface area (Å²) in [5.74, 6) is 1.25. The average Bonchev–Trinajstić information content (AvgIpc) is 2.85. The Hall–Kier alpha value is -1.39. The molecule has 0 radical (unpaired) electrons. The van der Waals surface area contributed by atoms with Gasteiger partial charge in [-0.3, -0.25) is 0 Å².